The van der Waals surface area contributed by atoms with Crippen molar-refractivity contribution >= 4 is 17.8 Å². The van der Waals surface area contributed by atoms with Gasteiger partial charge in [-0.2, -0.15) is 5.26 Å². The highest BCUT2D eigenvalue weighted by Crippen LogP contribution is 2.15. The minimum atomic E-state index is 0.356. The highest BCUT2D eigenvalue weighted by atomic mass is 35.5. The van der Waals surface area contributed by atoms with Crippen molar-refractivity contribution in [2.24, 2.45) is 5.16 Å². The summed E-state index contributed by atoms with van der Waals surface area (Å²) in [6.45, 7) is 0. The molecule has 0 aliphatic heterocycles. The largest absolute Gasteiger partial charge is 0.411 e. The molecule has 4 heteroatoms. The summed E-state index contributed by atoms with van der Waals surface area (Å²) >= 11 is 5.70. The van der Waals surface area contributed by atoms with Crippen LogP contribution in [0.3, 0.4) is 0 Å². The molecule has 0 heterocycles. The summed E-state index contributed by atoms with van der Waals surface area (Å²) in [7, 11) is 0. The normalized spacial score (nSPS) is 10.0. The highest BCUT2D eigenvalue weighted by Gasteiger charge is 1.98. The quantitative estimate of drug-likeness (QED) is 0.408. The molecule has 3 nitrogen and oxygen atoms in total. The van der Waals surface area contributed by atoms with E-state index in [9.17, 15) is 0 Å². The van der Waals surface area contributed by atoms with Crippen molar-refractivity contribution in [2.45, 2.75) is 0 Å². The zero-order valence-electron chi connectivity index (χ0n) is 6.03. The average molecular weight is 181 g/mol. The van der Waals surface area contributed by atoms with Gasteiger partial charge in [0.1, 0.15) is 6.07 Å². The van der Waals surface area contributed by atoms with Crippen LogP contribution in [0.1, 0.15) is 11.1 Å². The first-order valence-electron chi connectivity index (χ1n) is 3.15. The van der Waals surface area contributed by atoms with Crippen LogP contribution < -0.4 is 0 Å². The van der Waals surface area contributed by atoms with E-state index < -0.39 is 0 Å². The van der Waals surface area contributed by atoms with Gasteiger partial charge in [-0.1, -0.05) is 22.8 Å². The number of oxime groups is 1. The maximum Gasteiger partial charge on any atom is 0.101 e. The molecule has 0 spiro atoms. The summed E-state index contributed by atoms with van der Waals surface area (Å²) in [6, 6.07) is 6.69. The van der Waals surface area contributed by atoms with E-state index >= 15 is 0 Å². The van der Waals surface area contributed by atoms with Crippen LogP contribution in [0.4, 0.5) is 0 Å². The molecular weight excluding hydrogens is 176 g/mol. The molecule has 0 radical (unpaired) electrons. The Morgan fingerprint density at radius 1 is 1.58 bits per heavy atom. The highest BCUT2D eigenvalue weighted by molar-refractivity contribution is 6.32. The third-order valence-corrected chi connectivity index (χ3v) is 1.63. The van der Waals surface area contributed by atoms with E-state index in [4.69, 9.17) is 22.1 Å². The van der Waals surface area contributed by atoms with E-state index in [0.717, 1.165) is 0 Å². The van der Waals surface area contributed by atoms with Gasteiger partial charge in [-0.15, -0.1) is 0 Å². The van der Waals surface area contributed by atoms with Gasteiger partial charge in [0.25, 0.3) is 0 Å². The lowest BCUT2D eigenvalue weighted by Gasteiger charge is -1.94. The number of rotatable bonds is 1. The molecule has 1 rings (SSSR count). The fraction of sp³-hybridized carbons (Fsp3) is 0. The van der Waals surface area contributed by atoms with Crippen molar-refractivity contribution in [3.63, 3.8) is 0 Å². The van der Waals surface area contributed by atoms with Gasteiger partial charge in [0.2, 0.25) is 0 Å². The lowest BCUT2D eigenvalue weighted by atomic mass is 10.2. The molecule has 0 amide bonds. The van der Waals surface area contributed by atoms with E-state index in [2.05, 4.69) is 5.16 Å². The molecule has 0 saturated carbocycles. The molecule has 0 bridgehead atoms. The smallest absolute Gasteiger partial charge is 0.101 e. The molecule has 1 aromatic carbocycles. The minimum absolute atomic E-state index is 0.356. The zero-order chi connectivity index (χ0) is 8.97. The lowest BCUT2D eigenvalue weighted by Crippen LogP contribution is -1.83. The van der Waals surface area contributed by atoms with Crippen LogP contribution in [0.2, 0.25) is 5.02 Å². The minimum Gasteiger partial charge on any atom is -0.411 e. The Bertz CT molecular complexity index is 355. The monoisotopic (exact) mass is 180 g/mol. The second-order valence-corrected chi connectivity index (χ2v) is 2.50. The molecule has 0 atom stereocenters. The van der Waals surface area contributed by atoms with Crippen molar-refractivity contribution in [3.8, 4) is 6.07 Å². The first-order chi connectivity index (χ1) is 5.77. The summed E-state index contributed by atoms with van der Waals surface area (Å²) < 4.78 is 0. The van der Waals surface area contributed by atoms with Gasteiger partial charge < -0.3 is 5.21 Å². The Kier molecular flexibility index (Phi) is 2.67. The number of benzene rings is 1. The number of nitriles is 1. The van der Waals surface area contributed by atoms with Gasteiger partial charge in [0.15, 0.2) is 0 Å². The number of hydrogen-bond acceptors (Lipinski definition) is 3. The van der Waals surface area contributed by atoms with Gasteiger partial charge in [-0.3, -0.25) is 0 Å². The Morgan fingerprint density at radius 3 is 2.83 bits per heavy atom. The number of halogens is 1. The molecule has 0 aromatic heterocycles. The van der Waals surface area contributed by atoms with Gasteiger partial charge >= 0.3 is 0 Å². The van der Waals surface area contributed by atoms with Gasteiger partial charge in [0.05, 0.1) is 16.8 Å². The lowest BCUT2D eigenvalue weighted by molar-refractivity contribution is 0.322. The van der Waals surface area contributed by atoms with Crippen LogP contribution >= 0.6 is 11.6 Å². The Labute approximate surface area is 74.5 Å². The topological polar surface area (TPSA) is 56.4 Å². The van der Waals surface area contributed by atoms with Crippen molar-refractivity contribution in [1.29, 1.82) is 5.26 Å². The van der Waals surface area contributed by atoms with Crippen LogP contribution in [-0.4, -0.2) is 11.4 Å². The molecule has 0 saturated heterocycles. The second kappa shape index (κ2) is 3.74. The summed E-state index contributed by atoms with van der Waals surface area (Å²) in [5, 5.41) is 19.9. The number of hydrogen-bond donors (Lipinski definition) is 1. The van der Waals surface area contributed by atoms with Gasteiger partial charge in [-0.25, -0.2) is 0 Å². The Hall–Kier alpha value is -1.53. The molecule has 12 heavy (non-hydrogen) atoms. The first-order valence-corrected chi connectivity index (χ1v) is 3.53. The molecule has 0 fully saturated rings. The van der Waals surface area contributed by atoms with Crippen LogP contribution in [-0.2, 0) is 0 Å². The molecule has 0 aliphatic carbocycles. The molecule has 1 N–H and O–H groups in total. The van der Waals surface area contributed by atoms with Crippen LogP contribution in [0.15, 0.2) is 23.4 Å². The van der Waals surface area contributed by atoms with Crippen LogP contribution in [0.5, 0.6) is 0 Å². The summed E-state index contributed by atoms with van der Waals surface area (Å²) in [5.41, 5.74) is 1.06. The predicted octanol–water partition coefficient (Wildman–Crippen LogP) is 2.02. The van der Waals surface area contributed by atoms with E-state index in [-0.39, 0.29) is 0 Å². The van der Waals surface area contributed by atoms with Gasteiger partial charge in [0, 0.05) is 0 Å². The SMILES string of the molecule is N#Cc1ccc(C=NO)cc1Cl. The van der Waals surface area contributed by atoms with Crippen molar-refractivity contribution < 1.29 is 5.21 Å². The summed E-state index contributed by atoms with van der Waals surface area (Å²) in [4.78, 5) is 0. The molecular formula is C8H5ClN2O. The third kappa shape index (κ3) is 1.74. The van der Waals surface area contributed by atoms with E-state index in [1.54, 1.807) is 18.2 Å². The van der Waals surface area contributed by atoms with Gasteiger partial charge in [-0.05, 0) is 17.7 Å². The Morgan fingerprint density at radius 2 is 2.33 bits per heavy atom. The van der Waals surface area contributed by atoms with E-state index in [1.165, 1.54) is 6.21 Å². The van der Waals surface area contributed by atoms with Crippen molar-refractivity contribution in [3.05, 3.63) is 34.3 Å². The zero-order valence-corrected chi connectivity index (χ0v) is 6.78. The number of nitrogens with zero attached hydrogens (tertiary/aromatic N) is 2. The molecule has 60 valence electrons. The molecule has 1 aromatic rings. The van der Waals surface area contributed by atoms with Crippen LogP contribution in [0.25, 0.3) is 0 Å². The maximum atomic E-state index is 8.52. The van der Waals surface area contributed by atoms with Crippen molar-refractivity contribution in [2.75, 3.05) is 0 Å². The molecule has 0 aliphatic rings. The fourth-order valence-electron chi connectivity index (χ4n) is 0.769. The third-order valence-electron chi connectivity index (χ3n) is 1.32. The van der Waals surface area contributed by atoms with E-state index in [0.29, 0.717) is 16.1 Å². The standard InChI is InChI=1S/C8H5ClN2O/c9-8-3-6(5-11-12)1-2-7(8)4-10/h1-3,5,12H. The second-order valence-electron chi connectivity index (χ2n) is 2.10. The van der Waals surface area contributed by atoms with Crippen molar-refractivity contribution in [1.82, 2.24) is 0 Å². The Balaban J connectivity index is 3.12. The van der Waals surface area contributed by atoms with Crippen LogP contribution in [0, 0.1) is 11.3 Å². The molecule has 0 unspecified atom stereocenters. The van der Waals surface area contributed by atoms with E-state index in [1.807, 2.05) is 6.07 Å². The average Bonchev–Trinajstić information content (AvgIpc) is 2.05. The predicted molar refractivity (Wildman–Crippen MR) is 45.5 cm³/mol. The summed E-state index contributed by atoms with van der Waals surface area (Å²) in [6.07, 6.45) is 1.24. The first kappa shape index (κ1) is 8.57. The fourth-order valence-corrected chi connectivity index (χ4v) is 1.00. The maximum absolute atomic E-state index is 8.52. The summed E-state index contributed by atoms with van der Waals surface area (Å²) in [5.74, 6) is 0.